The molecule has 5 heteroatoms. The highest BCUT2D eigenvalue weighted by atomic mass is 35.5. The standard InChI is InChI=1S/C10H14N2.3ClH/c1-10(4-6-12-8-10)9-3-2-5-11-7-9;;;/h2-3,5,7,12H,4,6,8H2,1H3;3*1H. The van der Waals surface area contributed by atoms with Gasteiger partial charge >= 0.3 is 0 Å². The molecule has 1 N–H and O–H groups in total. The van der Waals surface area contributed by atoms with E-state index >= 15 is 0 Å². The zero-order chi connectivity index (χ0) is 8.44. The smallest absolute Gasteiger partial charge is 0.0305 e. The number of nitrogens with zero attached hydrogens (tertiary/aromatic N) is 1. The summed E-state index contributed by atoms with van der Waals surface area (Å²) in [7, 11) is 0. The first-order valence-electron chi connectivity index (χ1n) is 4.42. The first-order valence-corrected chi connectivity index (χ1v) is 4.42. The molecule has 0 amide bonds. The predicted molar refractivity (Wildman–Crippen MR) is 70.8 cm³/mol. The highest BCUT2D eigenvalue weighted by Gasteiger charge is 2.30. The zero-order valence-electron chi connectivity index (χ0n) is 8.60. The summed E-state index contributed by atoms with van der Waals surface area (Å²) in [6.45, 7) is 4.51. The number of halogens is 3. The molecule has 15 heavy (non-hydrogen) atoms. The molecule has 1 unspecified atom stereocenters. The molecule has 1 aromatic rings. The lowest BCUT2D eigenvalue weighted by Gasteiger charge is -2.22. The molecule has 0 aliphatic carbocycles. The molecule has 2 nitrogen and oxygen atoms in total. The molecular weight excluding hydrogens is 254 g/mol. The van der Waals surface area contributed by atoms with Crippen LogP contribution in [0.3, 0.4) is 0 Å². The van der Waals surface area contributed by atoms with E-state index in [1.165, 1.54) is 12.0 Å². The van der Waals surface area contributed by atoms with Gasteiger partial charge in [0.25, 0.3) is 0 Å². The molecule has 88 valence electrons. The Labute approximate surface area is 109 Å². The predicted octanol–water partition coefficient (Wildman–Crippen LogP) is 2.60. The second kappa shape index (κ2) is 7.29. The summed E-state index contributed by atoms with van der Waals surface area (Å²) in [4.78, 5) is 4.15. The van der Waals surface area contributed by atoms with Gasteiger partial charge in [-0.1, -0.05) is 13.0 Å². The fraction of sp³-hybridized carbons (Fsp3) is 0.500. The van der Waals surface area contributed by atoms with Gasteiger partial charge in [0.05, 0.1) is 0 Å². The van der Waals surface area contributed by atoms with Gasteiger partial charge in [-0.05, 0) is 24.6 Å². The van der Waals surface area contributed by atoms with E-state index in [-0.39, 0.29) is 37.2 Å². The van der Waals surface area contributed by atoms with Crippen LogP contribution in [-0.2, 0) is 5.41 Å². The van der Waals surface area contributed by atoms with E-state index in [4.69, 9.17) is 0 Å². The quantitative estimate of drug-likeness (QED) is 0.849. The van der Waals surface area contributed by atoms with E-state index in [0.29, 0.717) is 5.41 Å². The Morgan fingerprint density at radius 1 is 1.33 bits per heavy atom. The molecule has 2 heterocycles. The average molecular weight is 272 g/mol. The Kier molecular flexibility index (Phi) is 8.44. The van der Waals surface area contributed by atoms with Crippen LogP contribution in [0, 0.1) is 0 Å². The van der Waals surface area contributed by atoms with Gasteiger partial charge in [0.1, 0.15) is 0 Å². The fourth-order valence-electron chi connectivity index (χ4n) is 1.78. The van der Waals surface area contributed by atoms with Crippen molar-refractivity contribution < 1.29 is 0 Å². The summed E-state index contributed by atoms with van der Waals surface area (Å²) in [5.41, 5.74) is 1.67. The van der Waals surface area contributed by atoms with Gasteiger partial charge < -0.3 is 5.32 Å². The van der Waals surface area contributed by atoms with Crippen LogP contribution in [0.4, 0.5) is 0 Å². The van der Waals surface area contributed by atoms with E-state index in [9.17, 15) is 0 Å². The molecule has 1 aliphatic rings. The summed E-state index contributed by atoms with van der Waals surface area (Å²) in [5, 5.41) is 3.38. The molecule has 0 bridgehead atoms. The van der Waals surface area contributed by atoms with Crippen LogP contribution in [0.5, 0.6) is 0 Å². The minimum atomic E-state index is 0. The van der Waals surface area contributed by atoms with Crippen molar-refractivity contribution in [3.05, 3.63) is 30.1 Å². The molecule has 1 atom stereocenters. The maximum Gasteiger partial charge on any atom is 0.0305 e. The summed E-state index contributed by atoms with van der Waals surface area (Å²) in [6, 6.07) is 4.18. The second-order valence-electron chi connectivity index (χ2n) is 3.73. The molecule has 0 radical (unpaired) electrons. The Balaban J connectivity index is 0. The van der Waals surface area contributed by atoms with Crippen molar-refractivity contribution >= 4 is 37.2 Å². The van der Waals surface area contributed by atoms with Crippen molar-refractivity contribution in [2.45, 2.75) is 18.8 Å². The number of aromatic nitrogens is 1. The van der Waals surface area contributed by atoms with Gasteiger partial charge in [0, 0.05) is 24.4 Å². The van der Waals surface area contributed by atoms with Gasteiger partial charge in [-0.2, -0.15) is 0 Å². The third kappa shape index (κ3) is 3.80. The van der Waals surface area contributed by atoms with E-state index in [0.717, 1.165) is 13.1 Å². The second-order valence-corrected chi connectivity index (χ2v) is 3.73. The van der Waals surface area contributed by atoms with Gasteiger partial charge in [0.15, 0.2) is 0 Å². The Bertz CT molecular complexity index is 261. The minimum Gasteiger partial charge on any atom is -0.316 e. The van der Waals surface area contributed by atoms with Crippen LogP contribution in [0.25, 0.3) is 0 Å². The lowest BCUT2D eigenvalue weighted by molar-refractivity contribution is 0.523. The van der Waals surface area contributed by atoms with Crippen LogP contribution in [0.2, 0.25) is 0 Å². The van der Waals surface area contributed by atoms with Gasteiger partial charge in [0.2, 0.25) is 0 Å². The molecule has 0 saturated carbocycles. The van der Waals surface area contributed by atoms with Crippen LogP contribution in [0.15, 0.2) is 24.5 Å². The minimum absolute atomic E-state index is 0. The molecule has 0 aromatic carbocycles. The third-order valence-electron chi connectivity index (χ3n) is 2.73. The summed E-state index contributed by atoms with van der Waals surface area (Å²) < 4.78 is 0. The molecule has 1 fully saturated rings. The van der Waals surface area contributed by atoms with Crippen molar-refractivity contribution in [3.8, 4) is 0 Å². The maximum atomic E-state index is 4.15. The van der Waals surface area contributed by atoms with Crippen LogP contribution < -0.4 is 5.32 Å². The number of nitrogens with one attached hydrogen (secondary N) is 1. The number of hydrogen-bond donors (Lipinski definition) is 1. The van der Waals surface area contributed by atoms with Crippen molar-refractivity contribution in [1.29, 1.82) is 0 Å². The normalized spacial score (nSPS) is 23.3. The SMILES string of the molecule is CC1(c2cccnc2)CCNC1.Cl.Cl.Cl. The van der Waals surface area contributed by atoms with Gasteiger partial charge in [-0.25, -0.2) is 0 Å². The Morgan fingerprint density at radius 2 is 2.07 bits per heavy atom. The Morgan fingerprint density at radius 3 is 2.53 bits per heavy atom. The van der Waals surface area contributed by atoms with E-state index in [2.05, 4.69) is 23.3 Å². The van der Waals surface area contributed by atoms with Gasteiger partial charge in [-0.3, -0.25) is 4.98 Å². The number of pyridine rings is 1. The topological polar surface area (TPSA) is 24.9 Å². The molecule has 2 rings (SSSR count). The lowest BCUT2D eigenvalue weighted by Crippen LogP contribution is -2.24. The fourth-order valence-corrected chi connectivity index (χ4v) is 1.78. The average Bonchev–Trinajstić information content (AvgIpc) is 2.55. The van der Waals surface area contributed by atoms with E-state index in [1.54, 1.807) is 0 Å². The van der Waals surface area contributed by atoms with Crippen LogP contribution in [0.1, 0.15) is 18.9 Å². The molecule has 0 spiro atoms. The molecule has 1 aliphatic heterocycles. The van der Waals surface area contributed by atoms with Crippen molar-refractivity contribution in [3.63, 3.8) is 0 Å². The van der Waals surface area contributed by atoms with Crippen molar-refractivity contribution in [1.82, 2.24) is 10.3 Å². The lowest BCUT2D eigenvalue weighted by atomic mass is 9.83. The van der Waals surface area contributed by atoms with Gasteiger partial charge in [-0.15, -0.1) is 37.2 Å². The van der Waals surface area contributed by atoms with E-state index < -0.39 is 0 Å². The van der Waals surface area contributed by atoms with Crippen LogP contribution in [-0.4, -0.2) is 18.1 Å². The Hall–Kier alpha value is -0.0200. The third-order valence-corrected chi connectivity index (χ3v) is 2.73. The number of rotatable bonds is 1. The monoisotopic (exact) mass is 270 g/mol. The summed E-state index contributed by atoms with van der Waals surface area (Å²) in [6.07, 6.45) is 5.03. The van der Waals surface area contributed by atoms with Crippen molar-refractivity contribution in [2.24, 2.45) is 0 Å². The molecular formula is C10H17Cl3N2. The maximum absolute atomic E-state index is 4.15. The summed E-state index contributed by atoms with van der Waals surface area (Å²) >= 11 is 0. The highest BCUT2D eigenvalue weighted by Crippen LogP contribution is 2.28. The summed E-state index contributed by atoms with van der Waals surface area (Å²) in [5.74, 6) is 0. The number of hydrogen-bond acceptors (Lipinski definition) is 2. The molecule has 1 aromatic heterocycles. The van der Waals surface area contributed by atoms with Crippen LogP contribution >= 0.6 is 37.2 Å². The highest BCUT2D eigenvalue weighted by molar-refractivity contribution is 5.86. The first kappa shape index (κ1) is 17.4. The zero-order valence-corrected chi connectivity index (χ0v) is 11.1. The largest absolute Gasteiger partial charge is 0.316 e. The van der Waals surface area contributed by atoms with E-state index in [1.807, 2.05) is 18.5 Å². The molecule has 1 saturated heterocycles. The first-order chi connectivity index (χ1) is 5.81. The van der Waals surface area contributed by atoms with Crippen molar-refractivity contribution in [2.75, 3.05) is 13.1 Å².